The summed E-state index contributed by atoms with van der Waals surface area (Å²) >= 11 is 0. The number of rotatable bonds is 4. The molecule has 1 saturated carbocycles. The van der Waals surface area contributed by atoms with Crippen molar-refractivity contribution in [3.05, 3.63) is 29.6 Å². The smallest absolute Gasteiger partial charge is 0.132 e. The predicted molar refractivity (Wildman–Crippen MR) is 73.7 cm³/mol. The Kier molecular flexibility index (Phi) is 4.81. The average molecular weight is 266 g/mol. The van der Waals surface area contributed by atoms with Crippen molar-refractivity contribution < 1.29 is 14.2 Å². The number of hydrogen-bond donors (Lipinski definition) is 1. The second kappa shape index (κ2) is 6.38. The van der Waals surface area contributed by atoms with E-state index in [4.69, 9.17) is 4.74 Å². The van der Waals surface area contributed by atoms with Crippen molar-refractivity contribution in [3.8, 4) is 5.75 Å². The topological polar surface area (TPSA) is 29.5 Å². The van der Waals surface area contributed by atoms with Crippen LogP contribution in [0.15, 0.2) is 18.2 Å². The molecule has 1 unspecified atom stereocenters. The molecule has 1 aromatic carbocycles. The van der Waals surface area contributed by atoms with Gasteiger partial charge in [-0.2, -0.15) is 0 Å². The van der Waals surface area contributed by atoms with Crippen LogP contribution in [0.4, 0.5) is 4.39 Å². The van der Waals surface area contributed by atoms with Crippen LogP contribution in [-0.2, 0) is 0 Å². The number of aliphatic hydroxyl groups is 1. The molecule has 19 heavy (non-hydrogen) atoms. The molecule has 0 aliphatic heterocycles. The number of aliphatic hydroxyl groups excluding tert-OH is 1. The molecule has 0 aromatic heterocycles. The Morgan fingerprint density at radius 3 is 2.53 bits per heavy atom. The van der Waals surface area contributed by atoms with Crippen LogP contribution in [-0.4, -0.2) is 12.2 Å². The molecule has 1 aromatic rings. The van der Waals surface area contributed by atoms with Gasteiger partial charge in [-0.15, -0.1) is 0 Å². The molecule has 2 nitrogen and oxygen atoms in total. The lowest BCUT2D eigenvalue weighted by Crippen LogP contribution is -2.21. The molecule has 1 atom stereocenters. The van der Waals surface area contributed by atoms with Crippen LogP contribution < -0.4 is 4.74 Å². The lowest BCUT2D eigenvalue weighted by molar-refractivity contribution is 0.0700. The molecule has 3 heteroatoms. The lowest BCUT2D eigenvalue weighted by atomic mass is 9.77. The van der Waals surface area contributed by atoms with Gasteiger partial charge in [0.25, 0.3) is 0 Å². The van der Waals surface area contributed by atoms with Gasteiger partial charge in [0.15, 0.2) is 0 Å². The van der Waals surface area contributed by atoms with E-state index in [0.717, 1.165) is 31.6 Å². The normalized spacial score (nSPS) is 25.1. The molecule has 0 bridgehead atoms. The predicted octanol–water partition coefficient (Wildman–Crippen LogP) is 4.08. The molecule has 0 spiro atoms. The average Bonchev–Trinajstić information content (AvgIpc) is 2.46. The number of benzene rings is 1. The summed E-state index contributed by atoms with van der Waals surface area (Å²) in [6.07, 6.45) is 4.80. The third-order valence-electron chi connectivity index (χ3n) is 4.44. The first-order valence-corrected chi connectivity index (χ1v) is 7.17. The highest BCUT2D eigenvalue weighted by Gasteiger charge is 2.28. The van der Waals surface area contributed by atoms with E-state index < -0.39 is 6.10 Å². The summed E-state index contributed by atoms with van der Waals surface area (Å²) in [4.78, 5) is 0. The molecule has 0 saturated heterocycles. The van der Waals surface area contributed by atoms with Crippen molar-refractivity contribution >= 4 is 0 Å². The highest BCUT2D eigenvalue weighted by molar-refractivity contribution is 5.30. The molecule has 106 valence electrons. The summed E-state index contributed by atoms with van der Waals surface area (Å²) in [6, 6.07) is 4.69. The Hall–Kier alpha value is -1.09. The Morgan fingerprint density at radius 2 is 2.00 bits per heavy atom. The SMILES string of the molecule is CCC1CCC(C(O)c2ccc(OC)cc2F)CC1. The van der Waals surface area contributed by atoms with E-state index in [1.165, 1.54) is 19.6 Å². The maximum atomic E-state index is 13.9. The largest absolute Gasteiger partial charge is 0.497 e. The van der Waals surface area contributed by atoms with Gasteiger partial charge in [0, 0.05) is 11.6 Å². The molecule has 0 radical (unpaired) electrons. The fourth-order valence-electron chi connectivity index (χ4n) is 3.04. The monoisotopic (exact) mass is 266 g/mol. The first kappa shape index (κ1) is 14.3. The first-order valence-electron chi connectivity index (χ1n) is 7.17. The van der Waals surface area contributed by atoms with Crippen molar-refractivity contribution in [1.82, 2.24) is 0 Å². The zero-order chi connectivity index (χ0) is 13.8. The Morgan fingerprint density at radius 1 is 1.32 bits per heavy atom. The van der Waals surface area contributed by atoms with Crippen LogP contribution in [0.3, 0.4) is 0 Å². The minimum atomic E-state index is -0.691. The van der Waals surface area contributed by atoms with E-state index in [-0.39, 0.29) is 11.7 Å². The standard InChI is InChI=1S/C16H23FO2/c1-3-11-4-6-12(7-5-11)16(18)14-9-8-13(19-2)10-15(14)17/h8-12,16,18H,3-7H2,1-2H3. The van der Waals surface area contributed by atoms with Gasteiger partial charge < -0.3 is 9.84 Å². The highest BCUT2D eigenvalue weighted by atomic mass is 19.1. The van der Waals surface area contributed by atoms with Crippen molar-refractivity contribution in [1.29, 1.82) is 0 Å². The van der Waals surface area contributed by atoms with E-state index in [0.29, 0.717) is 11.3 Å². The van der Waals surface area contributed by atoms with Gasteiger partial charge in [-0.1, -0.05) is 26.2 Å². The third kappa shape index (κ3) is 3.27. The van der Waals surface area contributed by atoms with Crippen LogP contribution >= 0.6 is 0 Å². The summed E-state index contributed by atoms with van der Waals surface area (Å²) in [7, 11) is 1.51. The van der Waals surface area contributed by atoms with Crippen LogP contribution in [0.1, 0.15) is 50.7 Å². The number of methoxy groups -OCH3 is 1. The molecule has 0 heterocycles. The maximum Gasteiger partial charge on any atom is 0.132 e. The van der Waals surface area contributed by atoms with Gasteiger partial charge in [-0.3, -0.25) is 0 Å². The van der Waals surface area contributed by atoms with Gasteiger partial charge >= 0.3 is 0 Å². The zero-order valence-corrected chi connectivity index (χ0v) is 11.7. The Bertz CT molecular complexity index is 411. The summed E-state index contributed by atoms with van der Waals surface area (Å²) in [5, 5.41) is 10.4. The van der Waals surface area contributed by atoms with Gasteiger partial charge in [0.2, 0.25) is 0 Å². The fourth-order valence-corrected chi connectivity index (χ4v) is 3.04. The number of ether oxygens (including phenoxy) is 1. The van der Waals surface area contributed by atoms with Gasteiger partial charge in [-0.05, 0) is 36.8 Å². The van der Waals surface area contributed by atoms with Crippen LogP contribution in [0.2, 0.25) is 0 Å². The molecule has 1 N–H and O–H groups in total. The molecule has 2 rings (SSSR count). The highest BCUT2D eigenvalue weighted by Crippen LogP contribution is 2.38. The summed E-state index contributed by atoms with van der Waals surface area (Å²) in [5.74, 6) is 1.09. The molecular weight excluding hydrogens is 243 g/mol. The van der Waals surface area contributed by atoms with Crippen molar-refractivity contribution in [2.24, 2.45) is 11.8 Å². The molecule has 1 aliphatic carbocycles. The van der Waals surface area contributed by atoms with Crippen LogP contribution in [0, 0.1) is 17.7 Å². The minimum absolute atomic E-state index is 0.186. The van der Waals surface area contributed by atoms with E-state index in [2.05, 4.69) is 6.92 Å². The quantitative estimate of drug-likeness (QED) is 0.889. The lowest BCUT2D eigenvalue weighted by Gasteiger charge is -2.31. The van der Waals surface area contributed by atoms with E-state index in [9.17, 15) is 9.50 Å². The van der Waals surface area contributed by atoms with E-state index in [1.807, 2.05) is 0 Å². The first-order chi connectivity index (χ1) is 9.15. The maximum absolute atomic E-state index is 13.9. The number of hydrogen-bond acceptors (Lipinski definition) is 2. The zero-order valence-electron chi connectivity index (χ0n) is 11.7. The van der Waals surface area contributed by atoms with E-state index in [1.54, 1.807) is 12.1 Å². The van der Waals surface area contributed by atoms with E-state index >= 15 is 0 Å². The second-order valence-electron chi connectivity index (χ2n) is 5.52. The van der Waals surface area contributed by atoms with Crippen molar-refractivity contribution in [2.45, 2.75) is 45.1 Å². The molecular formula is C16H23FO2. The number of halogens is 1. The fraction of sp³-hybridized carbons (Fsp3) is 0.625. The van der Waals surface area contributed by atoms with Gasteiger partial charge in [-0.25, -0.2) is 4.39 Å². The Balaban J connectivity index is 2.05. The minimum Gasteiger partial charge on any atom is -0.497 e. The summed E-state index contributed by atoms with van der Waals surface area (Å²) in [6.45, 7) is 2.21. The van der Waals surface area contributed by atoms with Gasteiger partial charge in [0.05, 0.1) is 13.2 Å². The van der Waals surface area contributed by atoms with Crippen LogP contribution in [0.25, 0.3) is 0 Å². The Labute approximate surface area is 114 Å². The molecule has 0 amide bonds. The third-order valence-corrected chi connectivity index (χ3v) is 4.44. The molecule has 1 fully saturated rings. The van der Waals surface area contributed by atoms with Crippen molar-refractivity contribution in [2.75, 3.05) is 7.11 Å². The van der Waals surface area contributed by atoms with Crippen molar-refractivity contribution in [3.63, 3.8) is 0 Å². The second-order valence-corrected chi connectivity index (χ2v) is 5.52. The molecule has 1 aliphatic rings. The summed E-state index contributed by atoms with van der Waals surface area (Å²) in [5.41, 5.74) is 0.403. The van der Waals surface area contributed by atoms with Crippen LogP contribution in [0.5, 0.6) is 5.75 Å². The van der Waals surface area contributed by atoms with Gasteiger partial charge in [0.1, 0.15) is 11.6 Å². The summed E-state index contributed by atoms with van der Waals surface area (Å²) < 4.78 is 18.9.